The molecule has 0 aliphatic carbocycles. The van der Waals surface area contributed by atoms with E-state index in [-0.39, 0.29) is 23.3 Å². The van der Waals surface area contributed by atoms with E-state index in [0.717, 1.165) is 12.8 Å². The Balaban J connectivity index is 0.00000242. The fourth-order valence-electron chi connectivity index (χ4n) is 2.59. The first-order valence-corrected chi connectivity index (χ1v) is 9.19. The lowest BCUT2D eigenvalue weighted by molar-refractivity contribution is 0.250. The highest BCUT2D eigenvalue weighted by Gasteiger charge is 2.31. The molecule has 1 aliphatic heterocycles. The molecule has 0 saturated carbocycles. The van der Waals surface area contributed by atoms with Gasteiger partial charge in [0.1, 0.15) is 10.6 Å². The van der Waals surface area contributed by atoms with Gasteiger partial charge in [-0.2, -0.15) is 4.31 Å². The maximum atomic E-state index is 12.8. The van der Waals surface area contributed by atoms with Crippen LogP contribution in [-0.2, 0) is 10.0 Å². The first-order valence-electron chi connectivity index (χ1n) is 6.95. The molecular formula is C14H22BrClN2O3S. The maximum absolute atomic E-state index is 12.8. The summed E-state index contributed by atoms with van der Waals surface area (Å²) in [5, 5.41) is 0. The summed E-state index contributed by atoms with van der Waals surface area (Å²) in [7, 11) is -1.99. The van der Waals surface area contributed by atoms with Gasteiger partial charge in [0.25, 0.3) is 0 Å². The smallest absolute Gasteiger partial charge is 0.244 e. The second kappa shape index (κ2) is 7.97. The van der Waals surface area contributed by atoms with Gasteiger partial charge in [-0.15, -0.1) is 12.4 Å². The Morgan fingerprint density at radius 2 is 1.95 bits per heavy atom. The molecule has 5 nitrogen and oxygen atoms in total. The van der Waals surface area contributed by atoms with Crippen LogP contribution in [0.2, 0.25) is 0 Å². The van der Waals surface area contributed by atoms with E-state index in [2.05, 4.69) is 15.9 Å². The molecule has 1 atom stereocenters. The van der Waals surface area contributed by atoms with Gasteiger partial charge in [-0.3, -0.25) is 0 Å². The van der Waals surface area contributed by atoms with E-state index < -0.39 is 10.0 Å². The van der Waals surface area contributed by atoms with E-state index in [1.807, 2.05) is 6.92 Å². The third-order valence-electron chi connectivity index (χ3n) is 4.00. The molecule has 8 heteroatoms. The van der Waals surface area contributed by atoms with Gasteiger partial charge in [0, 0.05) is 29.7 Å². The molecule has 1 unspecified atom stereocenters. The molecule has 0 bridgehead atoms. The van der Waals surface area contributed by atoms with Crippen molar-refractivity contribution >= 4 is 38.4 Å². The molecular weight excluding hydrogens is 392 g/mol. The molecule has 1 aliphatic rings. The predicted octanol–water partition coefficient (Wildman–Crippen LogP) is 2.63. The highest BCUT2D eigenvalue weighted by molar-refractivity contribution is 9.10. The lowest BCUT2D eigenvalue weighted by atomic mass is 9.92. The standard InChI is InChI=1S/C14H21BrN2O3S.ClH/c1-10(16)11-5-7-17(8-6-11)21(18,19)14-9-12(20-2)3-4-13(14)15;/h3-4,9-11H,5-8,16H2,1-2H3;1H. The monoisotopic (exact) mass is 412 g/mol. The number of hydrogen-bond acceptors (Lipinski definition) is 4. The molecule has 1 aromatic rings. The van der Waals surface area contributed by atoms with Crippen LogP contribution in [0.3, 0.4) is 0 Å². The van der Waals surface area contributed by atoms with Gasteiger partial charge >= 0.3 is 0 Å². The van der Waals surface area contributed by atoms with Crippen LogP contribution in [-0.4, -0.2) is 39.0 Å². The molecule has 2 N–H and O–H groups in total. The largest absolute Gasteiger partial charge is 0.497 e. The number of sulfonamides is 1. The van der Waals surface area contributed by atoms with Crippen LogP contribution in [0.25, 0.3) is 0 Å². The quantitative estimate of drug-likeness (QED) is 0.823. The molecule has 1 heterocycles. The van der Waals surface area contributed by atoms with Crippen LogP contribution >= 0.6 is 28.3 Å². The molecule has 0 radical (unpaired) electrons. The molecule has 1 saturated heterocycles. The first-order chi connectivity index (χ1) is 9.86. The van der Waals surface area contributed by atoms with Crippen LogP contribution in [0.4, 0.5) is 0 Å². The summed E-state index contributed by atoms with van der Waals surface area (Å²) in [5.74, 6) is 0.924. The summed E-state index contributed by atoms with van der Waals surface area (Å²) in [4.78, 5) is 0.251. The van der Waals surface area contributed by atoms with Crippen LogP contribution in [0.1, 0.15) is 19.8 Å². The average molecular weight is 414 g/mol. The number of piperidine rings is 1. The van der Waals surface area contributed by atoms with Crippen molar-refractivity contribution in [3.05, 3.63) is 22.7 Å². The van der Waals surface area contributed by atoms with Crippen molar-refractivity contribution in [1.29, 1.82) is 0 Å². The van der Waals surface area contributed by atoms with E-state index in [4.69, 9.17) is 10.5 Å². The van der Waals surface area contributed by atoms with Gasteiger partial charge in [-0.1, -0.05) is 0 Å². The summed E-state index contributed by atoms with van der Waals surface area (Å²) < 4.78 is 32.7. The minimum absolute atomic E-state index is 0. The number of rotatable bonds is 4. The average Bonchev–Trinajstić information content (AvgIpc) is 2.47. The number of ether oxygens (including phenoxy) is 1. The Bertz CT molecular complexity index is 602. The second-order valence-corrected chi connectivity index (χ2v) is 8.16. The Morgan fingerprint density at radius 3 is 2.45 bits per heavy atom. The van der Waals surface area contributed by atoms with Crippen LogP contribution in [0.5, 0.6) is 5.75 Å². The number of hydrogen-bond donors (Lipinski definition) is 1. The van der Waals surface area contributed by atoms with Gasteiger partial charge in [0.2, 0.25) is 10.0 Å². The van der Waals surface area contributed by atoms with Crippen molar-refractivity contribution < 1.29 is 13.2 Å². The van der Waals surface area contributed by atoms with Crippen LogP contribution in [0.15, 0.2) is 27.6 Å². The van der Waals surface area contributed by atoms with E-state index in [0.29, 0.717) is 29.2 Å². The van der Waals surface area contributed by atoms with Crippen molar-refractivity contribution in [2.45, 2.75) is 30.7 Å². The first kappa shape index (κ1) is 19.7. The summed E-state index contributed by atoms with van der Waals surface area (Å²) in [6.07, 6.45) is 1.61. The van der Waals surface area contributed by atoms with Gasteiger partial charge in [-0.25, -0.2) is 8.42 Å². The zero-order chi connectivity index (χ0) is 15.6. The minimum Gasteiger partial charge on any atom is -0.497 e. The topological polar surface area (TPSA) is 72.6 Å². The molecule has 22 heavy (non-hydrogen) atoms. The van der Waals surface area contributed by atoms with E-state index in [1.165, 1.54) is 11.4 Å². The Labute approximate surface area is 146 Å². The Hall–Kier alpha value is -0.340. The van der Waals surface area contributed by atoms with Gasteiger partial charge < -0.3 is 10.5 Å². The van der Waals surface area contributed by atoms with E-state index in [1.54, 1.807) is 18.2 Å². The zero-order valence-electron chi connectivity index (χ0n) is 12.7. The lowest BCUT2D eigenvalue weighted by Crippen LogP contribution is -2.42. The van der Waals surface area contributed by atoms with Gasteiger partial charge in [0.05, 0.1) is 7.11 Å². The fourth-order valence-corrected chi connectivity index (χ4v) is 5.00. The number of benzene rings is 1. The molecule has 1 aromatic carbocycles. The summed E-state index contributed by atoms with van der Waals surface area (Å²) in [5.41, 5.74) is 5.90. The van der Waals surface area contributed by atoms with Gasteiger partial charge in [0.15, 0.2) is 0 Å². The third-order valence-corrected chi connectivity index (χ3v) is 6.89. The molecule has 0 amide bonds. The Morgan fingerprint density at radius 1 is 1.36 bits per heavy atom. The lowest BCUT2D eigenvalue weighted by Gasteiger charge is -2.33. The number of nitrogens with zero attached hydrogens (tertiary/aromatic N) is 1. The maximum Gasteiger partial charge on any atom is 0.244 e. The second-order valence-electron chi connectivity index (χ2n) is 5.40. The zero-order valence-corrected chi connectivity index (χ0v) is 15.9. The SMILES string of the molecule is COc1ccc(Br)c(S(=O)(=O)N2CCC(C(C)N)CC2)c1.Cl. The molecule has 0 aromatic heterocycles. The highest BCUT2D eigenvalue weighted by Crippen LogP contribution is 2.31. The Kier molecular flexibility index (Phi) is 7.14. The molecule has 126 valence electrons. The number of nitrogens with two attached hydrogens (primary N) is 1. The molecule has 0 spiro atoms. The molecule has 2 rings (SSSR count). The van der Waals surface area contributed by atoms with Crippen molar-refractivity contribution in [1.82, 2.24) is 4.31 Å². The van der Waals surface area contributed by atoms with Crippen LogP contribution in [0, 0.1) is 5.92 Å². The van der Waals surface area contributed by atoms with Crippen molar-refractivity contribution in [2.75, 3.05) is 20.2 Å². The summed E-state index contributed by atoms with van der Waals surface area (Å²) in [6, 6.07) is 5.08. The van der Waals surface area contributed by atoms with Crippen molar-refractivity contribution in [3.63, 3.8) is 0 Å². The predicted molar refractivity (Wildman–Crippen MR) is 93.1 cm³/mol. The molecule has 1 fully saturated rings. The van der Waals surface area contributed by atoms with Crippen molar-refractivity contribution in [2.24, 2.45) is 11.7 Å². The fraction of sp³-hybridized carbons (Fsp3) is 0.571. The van der Waals surface area contributed by atoms with E-state index in [9.17, 15) is 8.42 Å². The number of methoxy groups -OCH3 is 1. The van der Waals surface area contributed by atoms with Crippen LogP contribution < -0.4 is 10.5 Å². The summed E-state index contributed by atoms with van der Waals surface area (Å²) in [6.45, 7) is 3.00. The minimum atomic E-state index is -3.51. The summed E-state index contributed by atoms with van der Waals surface area (Å²) >= 11 is 3.32. The van der Waals surface area contributed by atoms with Gasteiger partial charge in [-0.05, 0) is 53.7 Å². The highest BCUT2D eigenvalue weighted by atomic mass is 79.9. The van der Waals surface area contributed by atoms with Crippen molar-refractivity contribution in [3.8, 4) is 5.75 Å². The normalized spacial score (nSPS) is 18.5. The third kappa shape index (κ3) is 4.14. The number of halogens is 2. The van der Waals surface area contributed by atoms with E-state index >= 15 is 0 Å².